The second-order valence-electron chi connectivity index (χ2n) is 4.84. The molecule has 0 aromatic heterocycles. The van der Waals surface area contributed by atoms with Crippen LogP contribution in [0.5, 0.6) is 0 Å². The first-order chi connectivity index (χ1) is 9.08. The van der Waals surface area contributed by atoms with Gasteiger partial charge >= 0.3 is 0 Å². The van der Waals surface area contributed by atoms with Gasteiger partial charge in [0.15, 0.2) is 0 Å². The number of hydrogen-bond donors (Lipinski definition) is 1. The normalized spacial score (nSPS) is 11.6. The van der Waals surface area contributed by atoms with Gasteiger partial charge in [0.05, 0.1) is 0 Å². The van der Waals surface area contributed by atoms with Gasteiger partial charge in [-0.25, -0.2) is 4.39 Å². The lowest BCUT2D eigenvalue weighted by atomic mass is 10.1. The summed E-state index contributed by atoms with van der Waals surface area (Å²) in [5.74, 6) is -0.305. The summed E-state index contributed by atoms with van der Waals surface area (Å²) in [4.78, 5) is 13.9. The van der Waals surface area contributed by atoms with Crippen LogP contribution in [0.15, 0.2) is 24.3 Å². The second kappa shape index (κ2) is 9.72. The summed E-state index contributed by atoms with van der Waals surface area (Å²) in [6.45, 7) is 5.57. The van der Waals surface area contributed by atoms with E-state index in [1.54, 1.807) is 6.07 Å². The molecule has 1 rings (SSSR count). The van der Waals surface area contributed by atoms with Crippen molar-refractivity contribution in [2.45, 2.75) is 26.7 Å². The first kappa shape index (κ1) is 18.9. The van der Waals surface area contributed by atoms with Crippen molar-refractivity contribution in [3.8, 4) is 0 Å². The van der Waals surface area contributed by atoms with E-state index in [4.69, 9.17) is 5.73 Å². The quantitative estimate of drug-likeness (QED) is 0.841. The Morgan fingerprint density at radius 3 is 2.65 bits per heavy atom. The SMILES string of the molecule is CCCN(CCc1cccc(F)c1)C(=O)C(C)CN.Cl. The lowest BCUT2D eigenvalue weighted by molar-refractivity contribution is -0.134. The molecule has 0 fully saturated rings. The molecule has 0 radical (unpaired) electrons. The maximum Gasteiger partial charge on any atom is 0.226 e. The van der Waals surface area contributed by atoms with Crippen molar-refractivity contribution in [3.63, 3.8) is 0 Å². The largest absolute Gasteiger partial charge is 0.342 e. The second-order valence-corrected chi connectivity index (χ2v) is 4.84. The van der Waals surface area contributed by atoms with Crippen molar-refractivity contribution in [2.75, 3.05) is 19.6 Å². The van der Waals surface area contributed by atoms with E-state index in [-0.39, 0.29) is 30.0 Å². The van der Waals surface area contributed by atoms with E-state index >= 15 is 0 Å². The van der Waals surface area contributed by atoms with Crippen LogP contribution in [-0.2, 0) is 11.2 Å². The molecular formula is C15H24ClFN2O. The van der Waals surface area contributed by atoms with Crippen LogP contribution in [0, 0.1) is 11.7 Å². The fourth-order valence-electron chi connectivity index (χ4n) is 1.97. The number of halogens is 2. The molecule has 0 saturated heterocycles. The minimum absolute atomic E-state index is 0. The van der Waals surface area contributed by atoms with E-state index in [1.165, 1.54) is 12.1 Å². The highest BCUT2D eigenvalue weighted by Crippen LogP contribution is 2.08. The van der Waals surface area contributed by atoms with Crippen LogP contribution in [-0.4, -0.2) is 30.4 Å². The van der Waals surface area contributed by atoms with Crippen molar-refractivity contribution < 1.29 is 9.18 Å². The first-order valence-electron chi connectivity index (χ1n) is 6.81. The van der Waals surface area contributed by atoms with Crippen LogP contribution in [0.4, 0.5) is 4.39 Å². The first-order valence-corrected chi connectivity index (χ1v) is 6.81. The van der Waals surface area contributed by atoms with Crippen LogP contribution in [0.3, 0.4) is 0 Å². The van der Waals surface area contributed by atoms with Gasteiger partial charge in [0.25, 0.3) is 0 Å². The summed E-state index contributed by atoms with van der Waals surface area (Å²) in [6.07, 6.45) is 1.58. The highest BCUT2D eigenvalue weighted by Gasteiger charge is 2.18. The number of benzene rings is 1. The molecule has 0 aliphatic rings. The smallest absolute Gasteiger partial charge is 0.226 e. The molecule has 0 spiro atoms. The third-order valence-corrected chi connectivity index (χ3v) is 3.14. The summed E-state index contributed by atoms with van der Waals surface area (Å²) < 4.78 is 13.1. The Hall–Kier alpha value is -1.13. The number of hydrogen-bond acceptors (Lipinski definition) is 2. The molecule has 1 amide bonds. The molecule has 3 nitrogen and oxygen atoms in total. The number of amides is 1. The lowest BCUT2D eigenvalue weighted by Crippen LogP contribution is -2.39. The van der Waals surface area contributed by atoms with Crippen molar-refractivity contribution in [1.82, 2.24) is 4.90 Å². The van der Waals surface area contributed by atoms with Crippen LogP contribution < -0.4 is 5.73 Å². The van der Waals surface area contributed by atoms with Gasteiger partial charge in [-0.1, -0.05) is 26.0 Å². The number of rotatable bonds is 7. The summed E-state index contributed by atoms with van der Waals surface area (Å²) >= 11 is 0. The maximum absolute atomic E-state index is 13.1. The Labute approximate surface area is 126 Å². The van der Waals surface area contributed by atoms with Gasteiger partial charge in [-0.3, -0.25) is 4.79 Å². The Morgan fingerprint density at radius 2 is 2.10 bits per heavy atom. The molecule has 0 aliphatic heterocycles. The van der Waals surface area contributed by atoms with Gasteiger partial charge in [-0.05, 0) is 30.5 Å². The topological polar surface area (TPSA) is 46.3 Å². The molecule has 0 bridgehead atoms. The van der Waals surface area contributed by atoms with Crippen LogP contribution in [0.1, 0.15) is 25.8 Å². The predicted molar refractivity (Wildman–Crippen MR) is 82.4 cm³/mol. The molecule has 0 saturated carbocycles. The average Bonchev–Trinajstić information content (AvgIpc) is 2.42. The molecule has 1 atom stereocenters. The van der Waals surface area contributed by atoms with Crippen molar-refractivity contribution in [2.24, 2.45) is 11.7 Å². The van der Waals surface area contributed by atoms with E-state index in [2.05, 4.69) is 0 Å². The Balaban J connectivity index is 0.00000361. The Morgan fingerprint density at radius 1 is 1.40 bits per heavy atom. The number of carbonyl (C=O) groups excluding carboxylic acids is 1. The molecule has 114 valence electrons. The van der Waals surface area contributed by atoms with Crippen LogP contribution in [0.25, 0.3) is 0 Å². The molecule has 1 aromatic rings. The zero-order chi connectivity index (χ0) is 14.3. The van der Waals surface area contributed by atoms with E-state index < -0.39 is 0 Å². The maximum atomic E-state index is 13.1. The standard InChI is InChI=1S/C15H23FN2O.ClH/c1-3-8-18(15(19)12(2)11-17)9-7-13-5-4-6-14(16)10-13;/h4-6,10,12H,3,7-9,11,17H2,1-2H3;1H. The molecule has 20 heavy (non-hydrogen) atoms. The minimum Gasteiger partial charge on any atom is -0.342 e. The summed E-state index contributed by atoms with van der Waals surface area (Å²) in [7, 11) is 0. The molecule has 1 unspecified atom stereocenters. The fourth-order valence-corrected chi connectivity index (χ4v) is 1.97. The van der Waals surface area contributed by atoms with Gasteiger partial charge in [-0.2, -0.15) is 0 Å². The van der Waals surface area contributed by atoms with Crippen molar-refractivity contribution >= 4 is 18.3 Å². The lowest BCUT2D eigenvalue weighted by Gasteiger charge is -2.25. The zero-order valence-corrected chi connectivity index (χ0v) is 13.0. The Kier molecular flexibility index (Phi) is 9.17. The minimum atomic E-state index is -0.235. The molecule has 2 N–H and O–H groups in total. The monoisotopic (exact) mass is 302 g/mol. The highest BCUT2D eigenvalue weighted by molar-refractivity contribution is 5.85. The van der Waals surface area contributed by atoms with E-state index in [9.17, 15) is 9.18 Å². The van der Waals surface area contributed by atoms with Gasteiger partial charge < -0.3 is 10.6 Å². The van der Waals surface area contributed by atoms with Gasteiger partial charge in [0.2, 0.25) is 5.91 Å². The zero-order valence-electron chi connectivity index (χ0n) is 12.1. The molecule has 0 heterocycles. The predicted octanol–water partition coefficient (Wildman–Crippen LogP) is 2.62. The number of nitrogens with two attached hydrogens (primary N) is 1. The number of carbonyl (C=O) groups is 1. The molecule has 5 heteroatoms. The average molecular weight is 303 g/mol. The molecule has 0 aliphatic carbocycles. The summed E-state index contributed by atoms with van der Waals surface area (Å²) in [5.41, 5.74) is 6.45. The van der Waals surface area contributed by atoms with E-state index in [0.717, 1.165) is 18.5 Å². The Bertz CT molecular complexity index is 415. The van der Waals surface area contributed by atoms with Crippen LogP contribution in [0.2, 0.25) is 0 Å². The van der Waals surface area contributed by atoms with Gasteiger partial charge in [-0.15, -0.1) is 12.4 Å². The fraction of sp³-hybridized carbons (Fsp3) is 0.533. The third kappa shape index (κ3) is 5.88. The van der Waals surface area contributed by atoms with Crippen molar-refractivity contribution in [1.29, 1.82) is 0 Å². The molecule has 1 aromatic carbocycles. The van der Waals surface area contributed by atoms with Crippen LogP contribution >= 0.6 is 12.4 Å². The van der Waals surface area contributed by atoms with E-state index in [0.29, 0.717) is 19.5 Å². The third-order valence-electron chi connectivity index (χ3n) is 3.14. The molecular weight excluding hydrogens is 279 g/mol. The van der Waals surface area contributed by atoms with E-state index in [1.807, 2.05) is 24.8 Å². The highest BCUT2D eigenvalue weighted by atomic mass is 35.5. The summed E-state index contributed by atoms with van der Waals surface area (Å²) in [5, 5.41) is 0. The van der Waals surface area contributed by atoms with Crippen molar-refractivity contribution in [3.05, 3.63) is 35.6 Å². The summed E-state index contributed by atoms with van der Waals surface area (Å²) in [6, 6.07) is 6.51. The van der Waals surface area contributed by atoms with Gasteiger partial charge in [0.1, 0.15) is 5.82 Å². The number of nitrogens with zero attached hydrogens (tertiary/aromatic N) is 1. The van der Waals surface area contributed by atoms with Gasteiger partial charge in [0, 0.05) is 25.6 Å².